The van der Waals surface area contributed by atoms with Crippen molar-refractivity contribution in [3.8, 4) is 5.69 Å². The first kappa shape index (κ1) is 19.9. The summed E-state index contributed by atoms with van der Waals surface area (Å²) >= 11 is 0. The average Bonchev–Trinajstić information content (AvgIpc) is 2.69. The molecular weight excluding hydrogens is 382 g/mol. The topological polar surface area (TPSA) is 93.1 Å². The van der Waals surface area contributed by atoms with E-state index in [4.69, 9.17) is 0 Å². The molecule has 2 N–H and O–H groups in total. The number of amides is 2. The molecule has 9 heteroatoms. The smallest absolute Gasteiger partial charge is 0.287 e. The van der Waals surface area contributed by atoms with Gasteiger partial charge in [-0.3, -0.25) is 25.2 Å². The van der Waals surface area contributed by atoms with Gasteiger partial charge in [-0.2, -0.15) is 5.10 Å². The van der Waals surface area contributed by atoms with Crippen LogP contribution in [0.3, 0.4) is 0 Å². The van der Waals surface area contributed by atoms with E-state index in [1.54, 1.807) is 13.0 Å². The van der Waals surface area contributed by atoms with Crippen molar-refractivity contribution in [2.45, 2.75) is 13.3 Å². The van der Waals surface area contributed by atoms with Crippen molar-refractivity contribution >= 4 is 11.8 Å². The van der Waals surface area contributed by atoms with Crippen LogP contribution in [0.5, 0.6) is 0 Å². The molecule has 2 amide bonds. The third-order valence-electron chi connectivity index (χ3n) is 4.00. The van der Waals surface area contributed by atoms with Crippen LogP contribution in [-0.4, -0.2) is 21.6 Å². The number of hydrogen-bond acceptors (Lipinski definition) is 4. The molecule has 1 aromatic heterocycles. The monoisotopic (exact) mass is 398 g/mol. The molecule has 0 saturated heterocycles. The van der Waals surface area contributed by atoms with E-state index in [-0.39, 0.29) is 12.1 Å². The lowest BCUT2D eigenvalue weighted by Crippen LogP contribution is -2.44. The van der Waals surface area contributed by atoms with Crippen molar-refractivity contribution in [3.05, 3.63) is 93.4 Å². The molecule has 0 bridgehead atoms. The minimum atomic E-state index is -0.951. The molecule has 0 spiro atoms. The Balaban J connectivity index is 1.74. The van der Waals surface area contributed by atoms with Gasteiger partial charge in [0.05, 0.1) is 6.42 Å². The molecular formula is C20H16F2N4O3. The summed E-state index contributed by atoms with van der Waals surface area (Å²) in [5, 5.41) is 3.93. The van der Waals surface area contributed by atoms with Crippen LogP contribution in [0.15, 0.2) is 59.4 Å². The molecule has 2 aromatic carbocycles. The van der Waals surface area contributed by atoms with Gasteiger partial charge in [0.2, 0.25) is 11.3 Å². The van der Waals surface area contributed by atoms with Crippen LogP contribution in [0.4, 0.5) is 8.78 Å². The van der Waals surface area contributed by atoms with Crippen molar-refractivity contribution in [1.82, 2.24) is 20.6 Å². The molecule has 0 aliphatic rings. The number of rotatable bonds is 4. The third-order valence-corrected chi connectivity index (χ3v) is 4.00. The molecule has 0 unspecified atom stereocenters. The Hall–Kier alpha value is -3.88. The Labute approximate surface area is 164 Å². The Morgan fingerprint density at radius 1 is 1.03 bits per heavy atom. The maximum absolute atomic E-state index is 14.1. The Morgan fingerprint density at radius 3 is 2.41 bits per heavy atom. The molecule has 0 aliphatic heterocycles. The van der Waals surface area contributed by atoms with Gasteiger partial charge in [-0.25, -0.2) is 13.5 Å². The zero-order valence-corrected chi connectivity index (χ0v) is 15.3. The van der Waals surface area contributed by atoms with Gasteiger partial charge >= 0.3 is 0 Å². The second kappa shape index (κ2) is 8.42. The standard InChI is InChI=1S/C20H16F2N4O3/c1-12-10-17(27)19(25-26(12)16-5-3-2-4-15(16)22)20(29)24-23-18(28)11-13-6-8-14(21)9-7-13/h2-10H,11H2,1H3,(H,23,28)(H,24,29). The number of carbonyl (C=O) groups is 2. The minimum absolute atomic E-state index is 0.0689. The largest absolute Gasteiger partial charge is 0.294 e. The highest BCUT2D eigenvalue weighted by atomic mass is 19.1. The summed E-state index contributed by atoms with van der Waals surface area (Å²) in [7, 11) is 0. The molecule has 0 aliphatic carbocycles. The maximum atomic E-state index is 14.1. The van der Waals surface area contributed by atoms with Gasteiger partial charge in [0.25, 0.3) is 5.91 Å². The first-order valence-corrected chi connectivity index (χ1v) is 8.54. The van der Waals surface area contributed by atoms with Crippen molar-refractivity contribution in [1.29, 1.82) is 0 Å². The van der Waals surface area contributed by atoms with Crippen LogP contribution in [0.1, 0.15) is 21.7 Å². The zero-order chi connectivity index (χ0) is 21.0. The fourth-order valence-corrected chi connectivity index (χ4v) is 2.59. The van der Waals surface area contributed by atoms with E-state index in [0.717, 1.165) is 10.7 Å². The van der Waals surface area contributed by atoms with E-state index in [2.05, 4.69) is 16.0 Å². The summed E-state index contributed by atoms with van der Waals surface area (Å²) in [5.41, 5.74) is 4.01. The molecule has 3 aromatic rings. The number of hydrazine groups is 1. The number of nitrogens with one attached hydrogen (secondary N) is 2. The van der Waals surface area contributed by atoms with Gasteiger partial charge < -0.3 is 0 Å². The highest BCUT2D eigenvalue weighted by molar-refractivity contribution is 5.93. The quantitative estimate of drug-likeness (QED) is 0.656. The molecule has 0 atom stereocenters. The molecule has 3 rings (SSSR count). The number of halogens is 2. The molecule has 7 nitrogen and oxygen atoms in total. The molecule has 148 valence electrons. The van der Waals surface area contributed by atoms with Gasteiger partial charge in [-0.15, -0.1) is 0 Å². The predicted molar refractivity (Wildman–Crippen MR) is 100 cm³/mol. The number of aromatic nitrogens is 2. The summed E-state index contributed by atoms with van der Waals surface area (Å²) < 4.78 is 28.1. The van der Waals surface area contributed by atoms with Crippen LogP contribution in [-0.2, 0) is 11.2 Å². The number of carbonyl (C=O) groups excluding carboxylic acids is 2. The molecule has 0 radical (unpaired) electrons. The minimum Gasteiger partial charge on any atom is -0.287 e. The summed E-state index contributed by atoms with van der Waals surface area (Å²) in [6, 6.07) is 12.2. The third kappa shape index (κ3) is 4.70. The average molecular weight is 398 g/mol. The first-order chi connectivity index (χ1) is 13.8. The highest BCUT2D eigenvalue weighted by Gasteiger charge is 2.17. The summed E-state index contributed by atoms with van der Waals surface area (Å²) in [5.74, 6) is -2.54. The van der Waals surface area contributed by atoms with E-state index in [1.807, 2.05) is 0 Å². The van der Waals surface area contributed by atoms with E-state index < -0.39 is 34.6 Å². The summed E-state index contributed by atoms with van der Waals surface area (Å²) in [6.45, 7) is 1.55. The van der Waals surface area contributed by atoms with Gasteiger partial charge in [0, 0.05) is 11.8 Å². The SMILES string of the molecule is Cc1cc(=O)c(C(=O)NNC(=O)Cc2ccc(F)cc2)nn1-c1ccccc1F. The van der Waals surface area contributed by atoms with Crippen LogP contribution < -0.4 is 16.3 Å². The Morgan fingerprint density at radius 2 is 1.72 bits per heavy atom. The Bertz CT molecular complexity index is 1130. The lowest BCUT2D eigenvalue weighted by Gasteiger charge is -2.12. The second-order valence-corrected chi connectivity index (χ2v) is 6.17. The van der Waals surface area contributed by atoms with Crippen molar-refractivity contribution in [2.75, 3.05) is 0 Å². The maximum Gasteiger partial charge on any atom is 0.294 e. The van der Waals surface area contributed by atoms with Crippen molar-refractivity contribution in [2.24, 2.45) is 0 Å². The highest BCUT2D eigenvalue weighted by Crippen LogP contribution is 2.13. The predicted octanol–water partition coefficient (Wildman–Crippen LogP) is 1.82. The lowest BCUT2D eigenvalue weighted by atomic mass is 10.1. The van der Waals surface area contributed by atoms with Crippen LogP contribution in [0.2, 0.25) is 0 Å². The van der Waals surface area contributed by atoms with E-state index in [1.165, 1.54) is 42.5 Å². The van der Waals surface area contributed by atoms with Crippen molar-refractivity contribution < 1.29 is 18.4 Å². The van der Waals surface area contributed by atoms with E-state index in [0.29, 0.717) is 11.3 Å². The number of nitrogens with zero attached hydrogens (tertiary/aromatic N) is 2. The second-order valence-electron chi connectivity index (χ2n) is 6.17. The van der Waals surface area contributed by atoms with Crippen molar-refractivity contribution in [3.63, 3.8) is 0 Å². The normalized spacial score (nSPS) is 10.4. The van der Waals surface area contributed by atoms with E-state index >= 15 is 0 Å². The zero-order valence-electron chi connectivity index (χ0n) is 15.3. The number of para-hydroxylation sites is 1. The Kier molecular flexibility index (Phi) is 5.77. The number of hydrogen-bond donors (Lipinski definition) is 2. The summed E-state index contributed by atoms with van der Waals surface area (Å²) in [4.78, 5) is 36.4. The van der Waals surface area contributed by atoms with Crippen LogP contribution >= 0.6 is 0 Å². The number of aryl methyl sites for hydroxylation is 1. The number of benzene rings is 2. The summed E-state index contributed by atoms with van der Waals surface area (Å²) in [6.07, 6.45) is -0.110. The molecule has 1 heterocycles. The van der Waals surface area contributed by atoms with Gasteiger partial charge in [0.1, 0.15) is 17.3 Å². The first-order valence-electron chi connectivity index (χ1n) is 8.54. The molecule has 0 fully saturated rings. The van der Waals surface area contributed by atoms with E-state index in [9.17, 15) is 23.2 Å². The fourth-order valence-electron chi connectivity index (χ4n) is 2.59. The fraction of sp³-hybridized carbons (Fsp3) is 0.100. The molecule has 0 saturated carbocycles. The van der Waals surface area contributed by atoms with Gasteiger partial charge in [-0.1, -0.05) is 24.3 Å². The van der Waals surface area contributed by atoms with Gasteiger partial charge in [-0.05, 0) is 36.8 Å². The van der Waals surface area contributed by atoms with Gasteiger partial charge in [0.15, 0.2) is 5.69 Å². The lowest BCUT2D eigenvalue weighted by molar-refractivity contribution is -0.121. The van der Waals surface area contributed by atoms with Crippen LogP contribution in [0.25, 0.3) is 5.69 Å². The van der Waals surface area contributed by atoms with Crippen LogP contribution in [0, 0.1) is 18.6 Å². The molecule has 29 heavy (non-hydrogen) atoms.